The summed E-state index contributed by atoms with van der Waals surface area (Å²) in [6, 6.07) is 0. The molecule has 0 aliphatic heterocycles. The molecule has 0 unspecified atom stereocenters. The van der Waals surface area contributed by atoms with Crippen LogP contribution >= 0.6 is 0 Å². The highest BCUT2D eigenvalue weighted by molar-refractivity contribution is 5.86. The zero-order chi connectivity index (χ0) is 7.82. The van der Waals surface area contributed by atoms with E-state index in [4.69, 9.17) is 4.74 Å². The third kappa shape index (κ3) is 5.24. The summed E-state index contributed by atoms with van der Waals surface area (Å²) >= 11 is 0. The van der Waals surface area contributed by atoms with Gasteiger partial charge in [0.05, 0.1) is 0 Å². The van der Waals surface area contributed by atoms with Crippen molar-refractivity contribution in [1.29, 1.82) is 0 Å². The van der Waals surface area contributed by atoms with Crippen LogP contribution in [0.2, 0.25) is 0 Å². The van der Waals surface area contributed by atoms with Crippen molar-refractivity contribution in [2.24, 2.45) is 0 Å². The summed E-state index contributed by atoms with van der Waals surface area (Å²) in [6.07, 6.45) is 2.12. The van der Waals surface area contributed by atoms with Crippen molar-refractivity contribution in [1.82, 2.24) is 5.32 Å². The predicted molar refractivity (Wildman–Crippen MR) is 34.9 cm³/mol. The van der Waals surface area contributed by atoms with Gasteiger partial charge in [-0.3, -0.25) is 14.9 Å². The third-order valence-corrected chi connectivity index (χ3v) is 0.772. The van der Waals surface area contributed by atoms with E-state index in [-0.39, 0.29) is 6.61 Å². The van der Waals surface area contributed by atoms with Crippen LogP contribution in [0.3, 0.4) is 0 Å². The summed E-state index contributed by atoms with van der Waals surface area (Å²) in [4.78, 5) is 20.0. The second-order valence-electron chi connectivity index (χ2n) is 1.70. The highest BCUT2D eigenvalue weighted by Gasteiger charge is 1.97. The average Bonchev–Trinajstić information content (AvgIpc) is 1.89. The van der Waals surface area contributed by atoms with Gasteiger partial charge >= 0.3 is 6.41 Å². The molecule has 0 heterocycles. The van der Waals surface area contributed by atoms with Crippen LogP contribution < -0.4 is 5.32 Å². The van der Waals surface area contributed by atoms with E-state index < -0.39 is 5.91 Å². The molecule has 57 valence electrons. The van der Waals surface area contributed by atoms with Gasteiger partial charge in [-0.1, -0.05) is 6.92 Å². The second kappa shape index (κ2) is 6.22. The smallest absolute Gasteiger partial charge is 0.316 e. The predicted octanol–water partition coefficient (Wildman–Crippen LogP) is -0.404. The Labute approximate surface area is 59.6 Å². The van der Waals surface area contributed by atoms with Crippen LogP contribution in [0.1, 0.15) is 13.3 Å². The Morgan fingerprint density at radius 1 is 1.70 bits per heavy atom. The van der Waals surface area contributed by atoms with E-state index in [1.165, 1.54) is 6.41 Å². The molecule has 0 aliphatic rings. The molecule has 0 fully saturated rings. The van der Waals surface area contributed by atoms with Crippen LogP contribution in [-0.2, 0) is 14.3 Å². The molecule has 10 heavy (non-hydrogen) atoms. The van der Waals surface area contributed by atoms with Gasteiger partial charge in [0, 0.05) is 6.61 Å². The van der Waals surface area contributed by atoms with Crippen LogP contribution in [0.4, 0.5) is 0 Å². The number of nitrogens with one attached hydrogen (secondary N) is 1. The number of hydrogen-bond acceptors (Lipinski definition) is 3. The topological polar surface area (TPSA) is 55.4 Å². The van der Waals surface area contributed by atoms with Crippen molar-refractivity contribution in [3.8, 4) is 0 Å². The monoisotopic (exact) mass is 144 g/mol. The maximum Gasteiger partial charge on any atom is 0.316 e. The molecular weight excluding hydrogens is 134 g/mol. The normalized spacial score (nSPS) is 8.90. The molecule has 0 atom stereocenters. The van der Waals surface area contributed by atoms with Crippen molar-refractivity contribution in [3.05, 3.63) is 0 Å². The molecule has 0 rings (SSSR count). The summed E-state index contributed by atoms with van der Waals surface area (Å²) in [5.41, 5.74) is 0. The first-order valence-corrected chi connectivity index (χ1v) is 3.05. The average molecular weight is 144 g/mol. The van der Waals surface area contributed by atoms with Crippen molar-refractivity contribution in [2.45, 2.75) is 13.3 Å². The number of amides is 2. The van der Waals surface area contributed by atoms with E-state index >= 15 is 0 Å². The Morgan fingerprint density at radius 3 is 2.90 bits per heavy atom. The number of hydrogen-bond donors (Lipinski definition) is 1. The Bertz CT molecular complexity index is 114. The highest BCUT2D eigenvalue weighted by atomic mass is 16.5. The number of carbonyl (C=O) groups excluding carboxylic acids is 2. The lowest BCUT2D eigenvalue weighted by Crippen LogP contribution is -2.26. The standard InChI is InChI=1S/C6H10NO3/c1-2-3-10-4-6(9)7-5-8/h2-4H2,1H3,(H,7,8,9). The summed E-state index contributed by atoms with van der Waals surface area (Å²) in [6.45, 7) is 2.40. The number of carbonyl (C=O) groups is 1. The van der Waals surface area contributed by atoms with Gasteiger partial charge in [0.15, 0.2) is 0 Å². The van der Waals surface area contributed by atoms with Crippen molar-refractivity contribution < 1.29 is 14.3 Å². The summed E-state index contributed by atoms with van der Waals surface area (Å²) in [5.74, 6) is -0.455. The van der Waals surface area contributed by atoms with Crippen LogP contribution in [0.5, 0.6) is 0 Å². The summed E-state index contributed by atoms with van der Waals surface area (Å²) < 4.78 is 4.81. The fraction of sp³-hybridized carbons (Fsp3) is 0.667. The van der Waals surface area contributed by atoms with Crippen LogP contribution in [0.25, 0.3) is 0 Å². The van der Waals surface area contributed by atoms with Gasteiger partial charge < -0.3 is 4.74 Å². The van der Waals surface area contributed by atoms with Crippen LogP contribution in [0.15, 0.2) is 0 Å². The first-order chi connectivity index (χ1) is 4.81. The summed E-state index contributed by atoms with van der Waals surface area (Å²) in [7, 11) is 0. The lowest BCUT2D eigenvalue weighted by molar-refractivity contribution is -0.124. The number of imide groups is 1. The quantitative estimate of drug-likeness (QED) is 0.422. The fourth-order valence-electron chi connectivity index (χ4n) is 0.402. The zero-order valence-electron chi connectivity index (χ0n) is 5.85. The molecule has 4 nitrogen and oxygen atoms in total. The van der Waals surface area contributed by atoms with E-state index in [1.807, 2.05) is 12.2 Å². The van der Waals surface area contributed by atoms with Crippen LogP contribution in [0, 0.1) is 0 Å². The minimum absolute atomic E-state index is 0.0664. The van der Waals surface area contributed by atoms with E-state index in [2.05, 4.69) is 0 Å². The number of ether oxygens (including phenoxy) is 1. The van der Waals surface area contributed by atoms with Gasteiger partial charge in [-0.25, -0.2) is 0 Å². The van der Waals surface area contributed by atoms with Gasteiger partial charge in [-0.05, 0) is 6.42 Å². The highest BCUT2D eigenvalue weighted by Crippen LogP contribution is 1.78. The Hall–Kier alpha value is -0.900. The van der Waals surface area contributed by atoms with Crippen molar-refractivity contribution in [3.63, 3.8) is 0 Å². The largest absolute Gasteiger partial charge is 0.372 e. The SMILES string of the molecule is CCCOCC(=O)N[C]=O. The Morgan fingerprint density at radius 2 is 2.40 bits per heavy atom. The molecule has 0 aromatic rings. The van der Waals surface area contributed by atoms with Gasteiger partial charge in [-0.15, -0.1) is 0 Å². The molecule has 4 heteroatoms. The zero-order valence-corrected chi connectivity index (χ0v) is 5.85. The molecular formula is C6H10NO3. The lowest BCUT2D eigenvalue weighted by atomic mass is 10.5. The third-order valence-electron chi connectivity index (χ3n) is 0.772. The maximum absolute atomic E-state index is 10.4. The molecule has 0 bridgehead atoms. The fourth-order valence-corrected chi connectivity index (χ4v) is 0.402. The molecule has 1 radical (unpaired) electrons. The summed E-state index contributed by atoms with van der Waals surface area (Å²) in [5, 5.41) is 1.83. The van der Waals surface area contributed by atoms with Crippen molar-refractivity contribution in [2.75, 3.05) is 13.2 Å². The molecule has 1 N–H and O–H groups in total. The lowest BCUT2D eigenvalue weighted by Gasteiger charge is -1.97. The molecule has 0 saturated heterocycles. The van der Waals surface area contributed by atoms with Gasteiger partial charge in [0.2, 0.25) is 0 Å². The molecule has 0 aromatic heterocycles. The maximum atomic E-state index is 10.4. The molecule has 0 saturated carbocycles. The van der Waals surface area contributed by atoms with Gasteiger partial charge in [0.25, 0.3) is 5.91 Å². The first kappa shape index (κ1) is 9.10. The molecule has 0 aliphatic carbocycles. The van der Waals surface area contributed by atoms with Crippen molar-refractivity contribution >= 4 is 12.3 Å². The van der Waals surface area contributed by atoms with E-state index in [0.29, 0.717) is 6.61 Å². The Kier molecular flexibility index (Phi) is 5.66. The molecule has 2 amide bonds. The minimum Gasteiger partial charge on any atom is -0.372 e. The molecule has 0 aromatic carbocycles. The first-order valence-electron chi connectivity index (χ1n) is 3.05. The second-order valence-corrected chi connectivity index (χ2v) is 1.70. The van der Waals surface area contributed by atoms with E-state index in [1.54, 1.807) is 0 Å². The minimum atomic E-state index is -0.455. The number of rotatable bonds is 5. The van der Waals surface area contributed by atoms with E-state index in [0.717, 1.165) is 6.42 Å². The Balaban J connectivity index is 3.13. The molecule has 0 spiro atoms. The van der Waals surface area contributed by atoms with E-state index in [9.17, 15) is 9.59 Å². The van der Waals surface area contributed by atoms with Gasteiger partial charge in [0.1, 0.15) is 6.61 Å². The van der Waals surface area contributed by atoms with Gasteiger partial charge in [-0.2, -0.15) is 0 Å². The van der Waals surface area contributed by atoms with Crippen LogP contribution in [-0.4, -0.2) is 25.5 Å².